The van der Waals surface area contributed by atoms with Gasteiger partial charge in [-0.1, -0.05) is 69.5 Å². The van der Waals surface area contributed by atoms with Gasteiger partial charge in [-0.2, -0.15) is 0 Å². The van der Waals surface area contributed by atoms with Gasteiger partial charge in [-0.3, -0.25) is 10.2 Å². The third kappa shape index (κ3) is 11.6. The standard InChI is InChI=1S/C32H54BFN4O/c1-8-26(18-33-7)30(21-35-29-12-13-32(39)37-20-29)31(9-2)36-19-24(5)10-11-28(25(6)34)22-38-16-14-27(15-17-38)23(3)4/h8-11,23,27,29,32-33,35-37,39H,2,6,12-22H2,1,3-5,7H3/b24-10+,26-8-,28-11-,31-30+. The number of likely N-dealkylation sites (tertiary alicyclic amines) is 1. The maximum Gasteiger partial charge on any atom is 0.122 e. The lowest BCUT2D eigenvalue weighted by Crippen LogP contribution is -2.48. The second-order valence-electron chi connectivity index (χ2n) is 11.6. The van der Waals surface area contributed by atoms with Crippen molar-refractivity contribution >= 4 is 7.28 Å². The van der Waals surface area contributed by atoms with Crippen LogP contribution in [0.4, 0.5) is 4.39 Å². The summed E-state index contributed by atoms with van der Waals surface area (Å²) in [6.45, 7) is 23.4. The number of allylic oxidation sites excluding steroid dienone is 4. The summed E-state index contributed by atoms with van der Waals surface area (Å²) in [5, 5.41) is 20.2. The van der Waals surface area contributed by atoms with Crippen LogP contribution in [0.25, 0.3) is 0 Å². The van der Waals surface area contributed by atoms with E-state index >= 15 is 0 Å². The number of hydrogen-bond donors (Lipinski definition) is 4. The second kappa shape index (κ2) is 17.7. The molecule has 218 valence electrons. The molecule has 0 bridgehead atoms. The molecule has 2 rings (SSSR count). The molecular formula is C32H54BFN4O. The molecule has 2 fully saturated rings. The van der Waals surface area contributed by atoms with Gasteiger partial charge in [0.05, 0.1) is 0 Å². The summed E-state index contributed by atoms with van der Waals surface area (Å²) in [5.41, 5.74) is 5.34. The fraction of sp³-hybridized carbons (Fsp3) is 0.625. The first-order chi connectivity index (χ1) is 18.7. The normalized spacial score (nSPS) is 23.0. The summed E-state index contributed by atoms with van der Waals surface area (Å²) in [4.78, 5) is 2.35. The third-order valence-electron chi connectivity index (χ3n) is 8.18. The molecule has 0 aromatic carbocycles. The van der Waals surface area contributed by atoms with Crippen molar-refractivity contribution < 1.29 is 9.50 Å². The molecule has 0 aromatic heterocycles. The van der Waals surface area contributed by atoms with Crippen LogP contribution in [0.3, 0.4) is 0 Å². The Kier molecular flexibility index (Phi) is 15.1. The number of halogens is 1. The average Bonchev–Trinajstić information content (AvgIpc) is 2.92. The zero-order chi connectivity index (χ0) is 28.8. The highest BCUT2D eigenvalue weighted by molar-refractivity contribution is 6.34. The Morgan fingerprint density at radius 2 is 1.87 bits per heavy atom. The highest BCUT2D eigenvalue weighted by Gasteiger charge is 2.22. The van der Waals surface area contributed by atoms with Crippen molar-refractivity contribution in [3.8, 4) is 0 Å². The molecule has 2 heterocycles. The molecule has 2 aliphatic heterocycles. The first kappa shape index (κ1) is 33.3. The van der Waals surface area contributed by atoms with Crippen LogP contribution in [0.15, 0.2) is 71.3 Å². The zero-order valence-corrected chi connectivity index (χ0v) is 25.3. The van der Waals surface area contributed by atoms with E-state index in [1.165, 1.54) is 24.0 Å². The Bertz CT molecular complexity index is 907. The topological polar surface area (TPSA) is 59.6 Å². The Balaban J connectivity index is 2.07. The predicted molar refractivity (Wildman–Crippen MR) is 168 cm³/mol. The summed E-state index contributed by atoms with van der Waals surface area (Å²) in [6, 6.07) is 0.323. The highest BCUT2D eigenvalue weighted by Crippen LogP contribution is 2.26. The minimum atomic E-state index is -0.398. The van der Waals surface area contributed by atoms with Crippen LogP contribution in [0, 0.1) is 11.8 Å². The van der Waals surface area contributed by atoms with Gasteiger partial charge in [0.1, 0.15) is 19.3 Å². The Labute approximate surface area is 238 Å². The lowest BCUT2D eigenvalue weighted by Gasteiger charge is -2.34. The van der Waals surface area contributed by atoms with Gasteiger partial charge in [0.2, 0.25) is 0 Å². The molecule has 2 saturated heterocycles. The van der Waals surface area contributed by atoms with Gasteiger partial charge in [0, 0.05) is 43.5 Å². The number of nitrogens with one attached hydrogen (secondary N) is 3. The SMILES string of the molecule is C=C/C(NC/C(C)=C/C=C(/CN1CCC(C(C)C)CC1)C(=C)F)=C(CNC1CCC(O)NC1)\C(=C/C)CBC. The zero-order valence-electron chi connectivity index (χ0n) is 25.3. The summed E-state index contributed by atoms with van der Waals surface area (Å²) >= 11 is 0. The summed E-state index contributed by atoms with van der Waals surface area (Å²) in [5.74, 6) is 1.14. The maximum atomic E-state index is 14.3. The van der Waals surface area contributed by atoms with Crippen molar-refractivity contribution in [2.45, 2.75) is 78.8 Å². The van der Waals surface area contributed by atoms with E-state index in [2.05, 4.69) is 74.6 Å². The molecule has 0 spiro atoms. The molecule has 39 heavy (non-hydrogen) atoms. The minimum absolute atomic E-state index is 0.323. The van der Waals surface area contributed by atoms with Crippen LogP contribution in [0.5, 0.6) is 0 Å². The average molecular weight is 541 g/mol. The molecule has 2 unspecified atom stereocenters. The molecule has 0 radical (unpaired) electrons. The first-order valence-corrected chi connectivity index (χ1v) is 15.0. The van der Waals surface area contributed by atoms with E-state index in [-0.39, 0.29) is 5.83 Å². The van der Waals surface area contributed by atoms with Crippen molar-refractivity contribution in [3.05, 3.63) is 71.3 Å². The monoisotopic (exact) mass is 540 g/mol. The van der Waals surface area contributed by atoms with E-state index in [1.807, 2.05) is 18.2 Å². The molecule has 0 aromatic rings. The van der Waals surface area contributed by atoms with Crippen LogP contribution in [0.1, 0.15) is 53.4 Å². The van der Waals surface area contributed by atoms with E-state index in [0.717, 1.165) is 69.8 Å². The number of aliphatic hydroxyl groups is 1. The van der Waals surface area contributed by atoms with Gasteiger partial charge in [-0.15, -0.1) is 0 Å². The number of aliphatic hydroxyl groups excluding tert-OH is 1. The van der Waals surface area contributed by atoms with E-state index in [0.29, 0.717) is 30.6 Å². The number of piperidine rings is 2. The van der Waals surface area contributed by atoms with Crippen LogP contribution in [-0.4, -0.2) is 68.8 Å². The van der Waals surface area contributed by atoms with Crippen LogP contribution in [-0.2, 0) is 0 Å². The van der Waals surface area contributed by atoms with Crippen LogP contribution in [0.2, 0.25) is 13.1 Å². The molecule has 4 N–H and O–H groups in total. The highest BCUT2D eigenvalue weighted by atomic mass is 19.1. The molecule has 7 heteroatoms. The quantitative estimate of drug-likeness (QED) is 0.169. The molecule has 5 nitrogen and oxygen atoms in total. The van der Waals surface area contributed by atoms with Crippen LogP contribution < -0.4 is 16.0 Å². The third-order valence-corrected chi connectivity index (χ3v) is 8.18. The molecule has 2 atom stereocenters. The van der Waals surface area contributed by atoms with Gasteiger partial charge < -0.3 is 15.7 Å². The Morgan fingerprint density at radius 1 is 1.15 bits per heavy atom. The van der Waals surface area contributed by atoms with E-state index in [4.69, 9.17) is 0 Å². The first-order valence-electron chi connectivity index (χ1n) is 15.0. The number of nitrogens with zero attached hydrogens (tertiary/aromatic N) is 1. The molecular weight excluding hydrogens is 486 g/mol. The van der Waals surface area contributed by atoms with Crippen molar-refractivity contribution in [2.24, 2.45) is 11.8 Å². The van der Waals surface area contributed by atoms with Crippen molar-refractivity contribution in [1.29, 1.82) is 0 Å². The van der Waals surface area contributed by atoms with E-state index in [1.54, 1.807) is 0 Å². The summed E-state index contributed by atoms with van der Waals surface area (Å²) in [7, 11) is 1.07. The van der Waals surface area contributed by atoms with Crippen molar-refractivity contribution in [3.63, 3.8) is 0 Å². The fourth-order valence-corrected chi connectivity index (χ4v) is 5.47. The molecule has 2 aliphatic rings. The van der Waals surface area contributed by atoms with Gasteiger partial charge in [0.15, 0.2) is 0 Å². The molecule has 0 saturated carbocycles. The second-order valence-corrected chi connectivity index (χ2v) is 11.6. The maximum absolute atomic E-state index is 14.3. The molecule has 0 aliphatic carbocycles. The van der Waals surface area contributed by atoms with Gasteiger partial charge >= 0.3 is 0 Å². The predicted octanol–water partition coefficient (Wildman–Crippen LogP) is 5.25. The lowest BCUT2D eigenvalue weighted by molar-refractivity contribution is 0.0963. The summed E-state index contributed by atoms with van der Waals surface area (Å²) in [6.07, 6.45) is 12.7. The summed E-state index contributed by atoms with van der Waals surface area (Å²) < 4.78 is 14.3. The van der Waals surface area contributed by atoms with Gasteiger partial charge in [-0.05, 0) is 76.1 Å². The lowest BCUT2D eigenvalue weighted by atomic mass is 9.72. The van der Waals surface area contributed by atoms with Crippen molar-refractivity contribution in [2.75, 3.05) is 39.3 Å². The van der Waals surface area contributed by atoms with E-state index in [9.17, 15) is 9.50 Å². The fourth-order valence-electron chi connectivity index (χ4n) is 5.47. The molecule has 0 amide bonds. The number of hydrogen-bond acceptors (Lipinski definition) is 5. The largest absolute Gasteiger partial charge is 0.381 e. The Morgan fingerprint density at radius 3 is 2.41 bits per heavy atom. The minimum Gasteiger partial charge on any atom is -0.381 e. The number of rotatable bonds is 15. The Hall–Kier alpha value is -1.93. The van der Waals surface area contributed by atoms with Gasteiger partial charge in [-0.25, -0.2) is 4.39 Å². The van der Waals surface area contributed by atoms with Crippen molar-refractivity contribution in [1.82, 2.24) is 20.9 Å². The smallest absolute Gasteiger partial charge is 0.122 e. The van der Waals surface area contributed by atoms with Gasteiger partial charge in [0.25, 0.3) is 0 Å². The van der Waals surface area contributed by atoms with E-state index < -0.39 is 6.23 Å². The van der Waals surface area contributed by atoms with Crippen LogP contribution >= 0.6 is 0 Å².